The molecule has 0 unspecified atom stereocenters. The van der Waals surface area contributed by atoms with Crippen LogP contribution in [0.4, 0.5) is 10.2 Å². The van der Waals surface area contributed by atoms with E-state index in [-0.39, 0.29) is 17.1 Å². The van der Waals surface area contributed by atoms with Crippen LogP contribution in [-0.2, 0) is 11.8 Å². The van der Waals surface area contributed by atoms with Crippen molar-refractivity contribution in [3.63, 3.8) is 0 Å². The molecule has 0 saturated heterocycles. The molecule has 0 spiro atoms. The summed E-state index contributed by atoms with van der Waals surface area (Å²) >= 11 is 0. The molecule has 168 valence electrons. The number of rotatable bonds is 5. The first-order valence-corrected chi connectivity index (χ1v) is 11.1. The van der Waals surface area contributed by atoms with E-state index in [1.54, 1.807) is 25.5 Å². The lowest BCUT2D eigenvalue weighted by atomic mass is 9.80. The molecule has 0 radical (unpaired) electrons. The van der Waals surface area contributed by atoms with Gasteiger partial charge in [0.2, 0.25) is 0 Å². The SMILES string of the molecule is Cc1c(C(=O)Nc2ccc(F)cn2)c(C)n(C)c1C(=O)C(=O)N[C@]12C[C@@H]3C[C@@H](C[C@H]1C3)C2. The van der Waals surface area contributed by atoms with E-state index in [4.69, 9.17) is 0 Å². The number of carbonyl (C=O) groups excluding carboxylic acids is 3. The number of pyridine rings is 1. The quantitative estimate of drug-likeness (QED) is 0.553. The van der Waals surface area contributed by atoms with Gasteiger partial charge in [0.25, 0.3) is 17.6 Å². The van der Waals surface area contributed by atoms with E-state index in [9.17, 15) is 18.8 Å². The van der Waals surface area contributed by atoms with Crippen LogP contribution in [0, 0.1) is 37.4 Å². The third-order valence-electron chi connectivity index (χ3n) is 7.90. The van der Waals surface area contributed by atoms with Crippen LogP contribution in [0.2, 0.25) is 0 Å². The van der Waals surface area contributed by atoms with Crippen molar-refractivity contribution in [3.8, 4) is 0 Å². The maximum Gasteiger partial charge on any atom is 0.294 e. The van der Waals surface area contributed by atoms with E-state index in [2.05, 4.69) is 15.6 Å². The first-order chi connectivity index (χ1) is 15.2. The van der Waals surface area contributed by atoms with Crippen molar-refractivity contribution in [2.75, 3.05) is 5.32 Å². The van der Waals surface area contributed by atoms with E-state index in [1.165, 1.54) is 18.6 Å². The Morgan fingerprint density at radius 1 is 1.12 bits per heavy atom. The van der Waals surface area contributed by atoms with E-state index < -0.39 is 23.4 Å². The standard InChI is InChI=1S/C24H27FN4O3/c1-12-19(22(31)27-18-5-4-17(25)11-26-18)13(2)29(3)20(12)21(30)23(32)28-24-9-14-6-15(10-24)8-16(24)7-14/h4-5,11,14-16H,6-10H2,1-3H3,(H,28,32)(H,26,27,31)/t14-,15+,16-,24+. The van der Waals surface area contributed by atoms with E-state index in [0.717, 1.165) is 31.9 Å². The second kappa shape index (κ2) is 7.25. The monoisotopic (exact) mass is 438 g/mol. The topological polar surface area (TPSA) is 93.1 Å². The lowest BCUT2D eigenvalue weighted by Gasteiger charge is -2.33. The summed E-state index contributed by atoms with van der Waals surface area (Å²) in [5.74, 6) is -0.159. The first-order valence-electron chi connectivity index (χ1n) is 11.1. The van der Waals surface area contributed by atoms with Crippen LogP contribution in [0.5, 0.6) is 0 Å². The molecule has 2 amide bonds. The highest BCUT2D eigenvalue weighted by Crippen LogP contribution is 2.60. The van der Waals surface area contributed by atoms with Gasteiger partial charge in [-0.15, -0.1) is 0 Å². The molecule has 8 heteroatoms. The minimum absolute atomic E-state index is 0.204. The molecule has 4 bridgehead atoms. The second-order valence-corrected chi connectivity index (χ2v) is 9.79. The van der Waals surface area contributed by atoms with Crippen LogP contribution in [0.3, 0.4) is 0 Å². The molecular weight excluding hydrogens is 411 g/mol. The Labute approximate surface area is 185 Å². The second-order valence-electron chi connectivity index (χ2n) is 9.79. The fourth-order valence-corrected chi connectivity index (χ4v) is 6.65. The number of carbonyl (C=O) groups is 3. The molecule has 2 aromatic heterocycles. The zero-order valence-corrected chi connectivity index (χ0v) is 18.5. The Balaban J connectivity index is 1.38. The van der Waals surface area contributed by atoms with Crippen molar-refractivity contribution < 1.29 is 18.8 Å². The Hall–Kier alpha value is -3.03. The molecule has 0 aromatic carbocycles. The van der Waals surface area contributed by atoms with Crippen molar-refractivity contribution in [2.45, 2.75) is 51.5 Å². The number of Topliss-reactive ketones (excluding diaryl/α,β-unsaturated/α-hetero) is 1. The highest BCUT2D eigenvalue weighted by molar-refractivity contribution is 6.43. The summed E-state index contributed by atoms with van der Waals surface area (Å²) in [7, 11) is 1.68. The number of amides is 2. The fourth-order valence-electron chi connectivity index (χ4n) is 6.65. The summed E-state index contributed by atoms with van der Waals surface area (Å²) in [4.78, 5) is 43.0. The smallest absolute Gasteiger partial charge is 0.294 e. The highest BCUT2D eigenvalue weighted by atomic mass is 19.1. The molecule has 6 rings (SSSR count). The van der Waals surface area contributed by atoms with Gasteiger partial charge in [-0.3, -0.25) is 14.4 Å². The first kappa shape index (κ1) is 20.8. The molecule has 2 aromatic rings. The van der Waals surface area contributed by atoms with Gasteiger partial charge in [-0.1, -0.05) is 0 Å². The number of hydrogen-bond donors (Lipinski definition) is 2. The van der Waals surface area contributed by atoms with Crippen LogP contribution >= 0.6 is 0 Å². The van der Waals surface area contributed by atoms with Gasteiger partial charge < -0.3 is 15.2 Å². The summed E-state index contributed by atoms with van der Waals surface area (Å²) in [6.07, 6.45) is 6.50. The molecule has 2 heterocycles. The van der Waals surface area contributed by atoms with Crippen molar-refractivity contribution >= 4 is 23.4 Å². The summed E-state index contributed by atoms with van der Waals surface area (Å²) < 4.78 is 14.7. The van der Waals surface area contributed by atoms with Crippen LogP contribution < -0.4 is 10.6 Å². The fraction of sp³-hybridized carbons (Fsp3) is 0.500. The molecule has 7 nitrogen and oxygen atoms in total. The Bertz CT molecular complexity index is 1120. The maximum absolute atomic E-state index is 13.2. The predicted octanol–water partition coefficient (Wildman–Crippen LogP) is 3.31. The van der Waals surface area contributed by atoms with Gasteiger partial charge in [-0.05, 0) is 81.4 Å². The largest absolute Gasteiger partial charge is 0.344 e. The molecule has 4 fully saturated rings. The third-order valence-corrected chi connectivity index (χ3v) is 7.90. The average Bonchev–Trinajstić information content (AvgIpc) is 3.22. The molecule has 0 aliphatic heterocycles. The normalized spacial score (nSPS) is 27.6. The van der Waals surface area contributed by atoms with E-state index >= 15 is 0 Å². The zero-order chi connectivity index (χ0) is 22.8. The van der Waals surface area contributed by atoms with Gasteiger partial charge in [-0.2, -0.15) is 0 Å². The number of anilines is 1. The molecule has 2 N–H and O–H groups in total. The maximum atomic E-state index is 13.2. The Kier molecular flexibility index (Phi) is 4.72. The zero-order valence-electron chi connectivity index (χ0n) is 18.5. The predicted molar refractivity (Wildman–Crippen MR) is 116 cm³/mol. The number of hydrogen-bond acceptors (Lipinski definition) is 4. The van der Waals surface area contributed by atoms with Crippen LogP contribution in [0.15, 0.2) is 18.3 Å². The third kappa shape index (κ3) is 3.15. The summed E-state index contributed by atoms with van der Waals surface area (Å²) in [5.41, 5.74) is 1.31. The Morgan fingerprint density at radius 3 is 2.44 bits per heavy atom. The summed E-state index contributed by atoms with van der Waals surface area (Å²) in [6.45, 7) is 3.40. The van der Waals surface area contributed by atoms with Crippen molar-refractivity contribution in [3.05, 3.63) is 46.7 Å². The van der Waals surface area contributed by atoms with E-state index in [0.29, 0.717) is 34.6 Å². The van der Waals surface area contributed by atoms with Gasteiger partial charge in [0, 0.05) is 18.3 Å². The van der Waals surface area contributed by atoms with Gasteiger partial charge in [0.05, 0.1) is 17.5 Å². The molecular formula is C24H27FN4O3. The average molecular weight is 439 g/mol. The van der Waals surface area contributed by atoms with Gasteiger partial charge in [-0.25, -0.2) is 9.37 Å². The van der Waals surface area contributed by atoms with Crippen molar-refractivity contribution in [2.24, 2.45) is 24.8 Å². The summed E-state index contributed by atoms with van der Waals surface area (Å²) in [5, 5.41) is 5.75. The van der Waals surface area contributed by atoms with Crippen molar-refractivity contribution in [1.29, 1.82) is 0 Å². The number of nitrogens with one attached hydrogen (secondary N) is 2. The van der Waals surface area contributed by atoms with Gasteiger partial charge >= 0.3 is 0 Å². The lowest BCUT2D eigenvalue weighted by Crippen LogP contribution is -2.51. The molecule has 4 atom stereocenters. The number of ketones is 1. The Morgan fingerprint density at radius 2 is 1.81 bits per heavy atom. The van der Waals surface area contributed by atoms with Crippen LogP contribution in [0.1, 0.15) is 64.2 Å². The lowest BCUT2D eigenvalue weighted by molar-refractivity contribution is -0.119. The van der Waals surface area contributed by atoms with Crippen molar-refractivity contribution in [1.82, 2.24) is 14.9 Å². The number of halogens is 1. The number of aromatic nitrogens is 2. The minimum Gasteiger partial charge on any atom is -0.344 e. The van der Waals surface area contributed by atoms with Gasteiger partial charge in [0.15, 0.2) is 0 Å². The van der Waals surface area contributed by atoms with Crippen LogP contribution in [0.25, 0.3) is 0 Å². The molecule has 4 aliphatic carbocycles. The van der Waals surface area contributed by atoms with Gasteiger partial charge in [0.1, 0.15) is 11.6 Å². The van der Waals surface area contributed by atoms with E-state index in [1.807, 2.05) is 0 Å². The number of nitrogens with zero attached hydrogens (tertiary/aromatic N) is 2. The molecule has 32 heavy (non-hydrogen) atoms. The van der Waals surface area contributed by atoms with Crippen LogP contribution in [-0.4, -0.2) is 32.7 Å². The molecule has 4 saturated carbocycles. The summed E-state index contributed by atoms with van der Waals surface area (Å²) in [6, 6.07) is 2.57. The highest BCUT2D eigenvalue weighted by Gasteiger charge is 2.58. The molecule has 4 aliphatic rings. The minimum atomic E-state index is -0.618.